The minimum absolute atomic E-state index is 0.0348. The predicted molar refractivity (Wildman–Crippen MR) is 110 cm³/mol. The van der Waals surface area contributed by atoms with Gasteiger partial charge < -0.3 is 21.3 Å². The van der Waals surface area contributed by atoms with E-state index in [1.807, 2.05) is 29.2 Å². The second-order valence-corrected chi connectivity index (χ2v) is 7.68. The van der Waals surface area contributed by atoms with Crippen LogP contribution in [0.4, 0.5) is 5.82 Å². The number of nitrogens with zero attached hydrogens (tertiary/aromatic N) is 3. The number of hydrogen-bond acceptors (Lipinski definition) is 6. The lowest BCUT2D eigenvalue weighted by molar-refractivity contribution is 0.0177. The number of nitrogens with two attached hydrogens (primary N) is 2. The Hall–Kier alpha value is -2.84. The Morgan fingerprint density at radius 3 is 2.45 bits per heavy atom. The van der Waals surface area contributed by atoms with Crippen molar-refractivity contribution < 1.29 is 14.6 Å². The predicted octanol–water partition coefficient (Wildman–Crippen LogP) is 1.91. The Morgan fingerprint density at radius 1 is 1.24 bits per heavy atom. The number of carbonyl (C=O) groups excluding carboxylic acids is 1. The summed E-state index contributed by atoms with van der Waals surface area (Å²) in [5, 5.41) is 14.6. The molecule has 4 rings (SSSR count). The lowest BCUT2D eigenvalue weighted by Gasteiger charge is -2.34. The Morgan fingerprint density at radius 2 is 1.90 bits per heavy atom. The summed E-state index contributed by atoms with van der Waals surface area (Å²) in [5.74, 6) is 0.493. The highest BCUT2D eigenvalue weighted by Gasteiger charge is 2.29. The Balaban J connectivity index is 1.58. The molecule has 1 unspecified atom stereocenters. The first kappa shape index (κ1) is 19.5. The van der Waals surface area contributed by atoms with Crippen molar-refractivity contribution in [1.29, 1.82) is 0 Å². The van der Waals surface area contributed by atoms with Crippen LogP contribution in [0, 0.1) is 0 Å². The number of piperidine rings is 1. The third kappa shape index (κ3) is 3.99. The summed E-state index contributed by atoms with van der Waals surface area (Å²) in [5.41, 5.74) is 13.4. The van der Waals surface area contributed by atoms with E-state index in [1.54, 1.807) is 4.68 Å². The quantitative estimate of drug-likeness (QED) is 0.614. The number of benzene rings is 1. The van der Waals surface area contributed by atoms with Gasteiger partial charge in [-0.3, -0.25) is 9.69 Å². The fraction of sp³-hybridized carbons (Fsp3) is 0.429. The normalized spacial score (nSPS) is 19.1. The summed E-state index contributed by atoms with van der Waals surface area (Å²) < 4.78 is 7.49. The second kappa shape index (κ2) is 7.88. The molecule has 0 radical (unpaired) electrons. The van der Waals surface area contributed by atoms with Gasteiger partial charge in [-0.1, -0.05) is 6.58 Å². The number of hydrogen-bond donors (Lipinski definition) is 3. The molecule has 5 N–H and O–H groups in total. The van der Waals surface area contributed by atoms with Crippen LogP contribution in [0.15, 0.2) is 36.9 Å². The molecular formula is C21H27N5O3. The van der Waals surface area contributed by atoms with Gasteiger partial charge in [-0.2, -0.15) is 5.10 Å². The van der Waals surface area contributed by atoms with E-state index in [4.69, 9.17) is 16.2 Å². The third-order valence-electron chi connectivity index (χ3n) is 5.58. The molecule has 1 aromatic carbocycles. The molecule has 1 amide bonds. The average Bonchev–Trinajstić information content (AvgIpc) is 3.47. The Labute approximate surface area is 169 Å². The van der Waals surface area contributed by atoms with Crippen LogP contribution < -0.4 is 16.2 Å². The van der Waals surface area contributed by atoms with Crippen LogP contribution >= 0.6 is 0 Å². The van der Waals surface area contributed by atoms with E-state index in [0.717, 1.165) is 37.0 Å². The van der Waals surface area contributed by atoms with Gasteiger partial charge in [-0.15, -0.1) is 0 Å². The van der Waals surface area contributed by atoms with Crippen LogP contribution in [0.25, 0.3) is 11.3 Å². The molecule has 0 spiro atoms. The van der Waals surface area contributed by atoms with Crippen molar-refractivity contribution in [3.63, 3.8) is 0 Å². The molecule has 8 heteroatoms. The number of carbonyl (C=O) groups is 1. The number of anilines is 1. The van der Waals surface area contributed by atoms with Crippen molar-refractivity contribution >= 4 is 11.7 Å². The van der Waals surface area contributed by atoms with E-state index in [0.29, 0.717) is 24.9 Å². The highest BCUT2D eigenvalue weighted by molar-refractivity contribution is 6.03. The number of nitrogen functional groups attached to an aromatic ring is 1. The van der Waals surface area contributed by atoms with E-state index in [2.05, 4.69) is 11.7 Å². The fourth-order valence-electron chi connectivity index (χ4n) is 3.78. The molecular weight excluding hydrogens is 370 g/mol. The molecule has 154 valence electrons. The van der Waals surface area contributed by atoms with Crippen LogP contribution in [0.2, 0.25) is 0 Å². The van der Waals surface area contributed by atoms with Gasteiger partial charge in [-0.25, -0.2) is 4.68 Å². The lowest BCUT2D eigenvalue weighted by Crippen LogP contribution is -2.41. The summed E-state index contributed by atoms with van der Waals surface area (Å²) in [4.78, 5) is 14.1. The van der Waals surface area contributed by atoms with Gasteiger partial charge in [0.15, 0.2) is 0 Å². The van der Waals surface area contributed by atoms with Crippen LogP contribution in [-0.4, -0.2) is 51.1 Å². The molecule has 1 aliphatic carbocycles. The van der Waals surface area contributed by atoms with Gasteiger partial charge >= 0.3 is 0 Å². The number of amides is 1. The number of rotatable bonds is 7. The number of primary amides is 1. The summed E-state index contributed by atoms with van der Waals surface area (Å²) in [6.45, 7) is 5.00. The molecule has 0 bridgehead atoms. The Bertz CT molecular complexity index is 896. The zero-order chi connectivity index (χ0) is 20.5. The van der Waals surface area contributed by atoms with E-state index < -0.39 is 12.1 Å². The molecule has 1 aliphatic heterocycles. The molecule has 1 aromatic heterocycles. The first-order valence-corrected chi connectivity index (χ1v) is 9.97. The molecule has 29 heavy (non-hydrogen) atoms. The summed E-state index contributed by atoms with van der Waals surface area (Å²) >= 11 is 0. The number of aromatic nitrogens is 2. The fourth-order valence-corrected chi connectivity index (χ4v) is 3.78. The molecule has 2 heterocycles. The highest BCUT2D eigenvalue weighted by atomic mass is 16.5. The van der Waals surface area contributed by atoms with Gasteiger partial charge in [0.05, 0.1) is 12.1 Å². The molecule has 1 atom stereocenters. The maximum absolute atomic E-state index is 12.1. The standard InChI is InChI=1S/C21H27N5O3/c1-2-17(27)25-11-9-14(10-12-25)26-20(22)18(21(23)28)19(24-26)13-3-5-15(6-4-13)29-16-7-8-16/h2-6,14,16-17,27H,1,7-12,22H2,(H2,23,28). The molecule has 1 saturated heterocycles. The SMILES string of the molecule is C=CC(O)N1CCC(n2nc(-c3ccc(OC4CC4)cc3)c(C(N)=O)c2N)CC1. The van der Waals surface area contributed by atoms with E-state index >= 15 is 0 Å². The molecule has 8 nitrogen and oxygen atoms in total. The molecule has 2 aliphatic rings. The van der Waals surface area contributed by atoms with Gasteiger partial charge in [0.25, 0.3) is 5.91 Å². The highest BCUT2D eigenvalue weighted by Crippen LogP contribution is 2.34. The number of aliphatic hydroxyl groups excluding tert-OH is 1. The van der Waals surface area contributed by atoms with Gasteiger partial charge in [0, 0.05) is 18.7 Å². The van der Waals surface area contributed by atoms with E-state index in [1.165, 1.54) is 6.08 Å². The summed E-state index contributed by atoms with van der Waals surface area (Å²) in [6.07, 6.45) is 4.88. The van der Waals surface area contributed by atoms with Crippen molar-refractivity contribution in [3.8, 4) is 17.0 Å². The van der Waals surface area contributed by atoms with Crippen molar-refractivity contribution in [2.45, 2.75) is 44.1 Å². The van der Waals surface area contributed by atoms with Crippen LogP contribution in [-0.2, 0) is 0 Å². The zero-order valence-electron chi connectivity index (χ0n) is 16.3. The van der Waals surface area contributed by atoms with Crippen molar-refractivity contribution in [2.75, 3.05) is 18.8 Å². The van der Waals surface area contributed by atoms with Gasteiger partial charge in [0.1, 0.15) is 29.1 Å². The van der Waals surface area contributed by atoms with Crippen molar-refractivity contribution in [3.05, 3.63) is 42.5 Å². The maximum atomic E-state index is 12.1. The third-order valence-corrected chi connectivity index (χ3v) is 5.58. The van der Waals surface area contributed by atoms with Crippen molar-refractivity contribution in [2.24, 2.45) is 5.73 Å². The van der Waals surface area contributed by atoms with Gasteiger partial charge in [0.2, 0.25) is 0 Å². The first-order chi connectivity index (χ1) is 14.0. The minimum atomic E-state index is -0.654. The summed E-state index contributed by atoms with van der Waals surface area (Å²) in [6, 6.07) is 7.54. The topological polar surface area (TPSA) is 120 Å². The number of likely N-dealkylation sites (tertiary alicyclic amines) is 1. The van der Waals surface area contributed by atoms with E-state index in [9.17, 15) is 9.90 Å². The second-order valence-electron chi connectivity index (χ2n) is 7.68. The maximum Gasteiger partial charge on any atom is 0.254 e. The first-order valence-electron chi connectivity index (χ1n) is 9.97. The number of ether oxygens (including phenoxy) is 1. The minimum Gasteiger partial charge on any atom is -0.490 e. The summed E-state index contributed by atoms with van der Waals surface area (Å²) in [7, 11) is 0. The van der Waals surface area contributed by atoms with Crippen molar-refractivity contribution in [1.82, 2.24) is 14.7 Å². The molecule has 1 saturated carbocycles. The van der Waals surface area contributed by atoms with Crippen LogP contribution in [0.5, 0.6) is 5.75 Å². The smallest absolute Gasteiger partial charge is 0.254 e. The van der Waals surface area contributed by atoms with E-state index in [-0.39, 0.29) is 17.4 Å². The average molecular weight is 397 g/mol. The largest absolute Gasteiger partial charge is 0.490 e. The number of aliphatic hydroxyl groups is 1. The van der Waals surface area contributed by atoms with Crippen LogP contribution in [0.3, 0.4) is 0 Å². The van der Waals surface area contributed by atoms with Crippen LogP contribution in [0.1, 0.15) is 42.1 Å². The monoisotopic (exact) mass is 397 g/mol. The molecule has 2 aromatic rings. The van der Waals surface area contributed by atoms with Gasteiger partial charge in [-0.05, 0) is 56.0 Å². The molecule has 2 fully saturated rings. The zero-order valence-corrected chi connectivity index (χ0v) is 16.3. The Kier molecular flexibility index (Phi) is 5.29. The lowest BCUT2D eigenvalue weighted by atomic mass is 10.0.